The molecule has 1 aromatic carbocycles. The van der Waals surface area contributed by atoms with Crippen molar-refractivity contribution in [2.75, 3.05) is 7.11 Å². The van der Waals surface area contributed by atoms with Crippen molar-refractivity contribution in [2.24, 2.45) is 23.2 Å². The molecule has 152 valence electrons. The Kier molecular flexibility index (Phi) is 4.64. The maximum absolute atomic E-state index is 10.9. The first-order valence-electron chi connectivity index (χ1n) is 11.1. The van der Waals surface area contributed by atoms with Gasteiger partial charge in [0.15, 0.2) is 0 Å². The van der Waals surface area contributed by atoms with Gasteiger partial charge < -0.3 is 9.84 Å². The number of carboxylic acid groups (broad SMARTS) is 1. The van der Waals surface area contributed by atoms with Crippen LogP contribution in [0.5, 0.6) is 5.75 Å². The van der Waals surface area contributed by atoms with E-state index < -0.39 is 5.97 Å². The van der Waals surface area contributed by atoms with Crippen LogP contribution in [0, 0.1) is 23.2 Å². The summed E-state index contributed by atoms with van der Waals surface area (Å²) < 4.78 is 5.65. The van der Waals surface area contributed by atoms with Gasteiger partial charge in [-0.15, -0.1) is 0 Å². The summed E-state index contributed by atoms with van der Waals surface area (Å²) in [5.41, 5.74) is 5.32. The van der Waals surface area contributed by atoms with Gasteiger partial charge >= 0.3 is 5.97 Å². The molecule has 0 heterocycles. The number of carbonyl (C=O) groups is 1. The first kappa shape index (κ1) is 18.7. The molecular weight excluding hydrogens is 360 g/mol. The third-order valence-corrected chi connectivity index (χ3v) is 7.78. The minimum absolute atomic E-state index is 0.447. The van der Waals surface area contributed by atoms with Gasteiger partial charge in [0, 0.05) is 11.6 Å². The number of carboxylic acids is 1. The average molecular weight is 391 g/mol. The van der Waals surface area contributed by atoms with Crippen molar-refractivity contribution < 1.29 is 14.6 Å². The Hall–Kier alpha value is -2.29. The number of allylic oxidation sites excluding steroid dienone is 4. The second-order valence-corrected chi connectivity index (χ2v) is 9.70. The first-order valence-corrected chi connectivity index (χ1v) is 11.1. The molecule has 0 aliphatic heterocycles. The van der Waals surface area contributed by atoms with Crippen LogP contribution in [0.1, 0.15) is 62.5 Å². The van der Waals surface area contributed by atoms with E-state index in [0.29, 0.717) is 5.41 Å². The lowest BCUT2D eigenvalue weighted by molar-refractivity contribution is -0.131. The molecule has 4 bridgehead atoms. The fraction of sp³-hybridized carbons (Fsp3) is 0.500. The Bertz CT molecular complexity index is 883. The van der Waals surface area contributed by atoms with E-state index in [1.807, 2.05) is 12.1 Å². The van der Waals surface area contributed by atoms with Crippen LogP contribution in [0.25, 0.3) is 11.6 Å². The van der Waals surface area contributed by atoms with Crippen LogP contribution >= 0.6 is 0 Å². The van der Waals surface area contributed by atoms with Crippen LogP contribution in [0.15, 0.2) is 42.0 Å². The van der Waals surface area contributed by atoms with Gasteiger partial charge in [-0.3, -0.25) is 0 Å². The number of hydrogen-bond acceptors (Lipinski definition) is 2. The molecule has 3 nitrogen and oxygen atoms in total. The lowest BCUT2D eigenvalue weighted by Crippen LogP contribution is -2.47. The maximum Gasteiger partial charge on any atom is 0.328 e. The molecule has 0 amide bonds. The van der Waals surface area contributed by atoms with Crippen molar-refractivity contribution in [1.82, 2.24) is 0 Å². The number of hydrogen-bond donors (Lipinski definition) is 1. The fourth-order valence-electron chi connectivity index (χ4n) is 7.03. The second-order valence-electron chi connectivity index (χ2n) is 9.70. The van der Waals surface area contributed by atoms with Crippen molar-refractivity contribution >= 4 is 17.6 Å². The molecule has 0 spiro atoms. The van der Waals surface area contributed by atoms with Gasteiger partial charge in [-0.25, -0.2) is 4.79 Å². The minimum Gasteiger partial charge on any atom is -0.496 e. The van der Waals surface area contributed by atoms with Crippen LogP contribution in [-0.4, -0.2) is 18.2 Å². The number of benzene rings is 1. The second kappa shape index (κ2) is 7.19. The van der Waals surface area contributed by atoms with Gasteiger partial charge in [-0.2, -0.15) is 0 Å². The molecule has 29 heavy (non-hydrogen) atoms. The highest BCUT2D eigenvalue weighted by atomic mass is 16.5. The molecule has 0 saturated heterocycles. The van der Waals surface area contributed by atoms with Gasteiger partial charge in [0.05, 0.1) is 7.11 Å². The third-order valence-electron chi connectivity index (χ3n) is 7.78. The molecular formula is C26H30O3. The van der Waals surface area contributed by atoms with Gasteiger partial charge in [0.25, 0.3) is 0 Å². The molecule has 6 rings (SSSR count). The van der Waals surface area contributed by atoms with Crippen molar-refractivity contribution in [3.8, 4) is 5.75 Å². The van der Waals surface area contributed by atoms with E-state index >= 15 is 0 Å². The molecule has 0 unspecified atom stereocenters. The summed E-state index contributed by atoms with van der Waals surface area (Å²) in [6.07, 6.45) is 18.5. The summed E-state index contributed by atoms with van der Waals surface area (Å²) >= 11 is 0. The zero-order valence-electron chi connectivity index (χ0n) is 17.2. The van der Waals surface area contributed by atoms with Gasteiger partial charge in [0.1, 0.15) is 5.75 Å². The summed E-state index contributed by atoms with van der Waals surface area (Å²) in [4.78, 5) is 10.9. The van der Waals surface area contributed by atoms with E-state index in [0.717, 1.165) is 41.1 Å². The Morgan fingerprint density at radius 3 is 2.45 bits per heavy atom. The average Bonchev–Trinajstić information content (AvgIpc) is 2.71. The van der Waals surface area contributed by atoms with Crippen molar-refractivity contribution in [2.45, 2.75) is 51.4 Å². The maximum atomic E-state index is 10.9. The third kappa shape index (κ3) is 3.45. The van der Waals surface area contributed by atoms with E-state index in [9.17, 15) is 4.79 Å². The fourth-order valence-corrected chi connectivity index (χ4v) is 7.03. The zero-order chi connectivity index (χ0) is 20.0. The van der Waals surface area contributed by atoms with Crippen molar-refractivity contribution in [3.05, 3.63) is 53.1 Å². The Labute approximate surface area is 173 Å². The topological polar surface area (TPSA) is 46.5 Å². The summed E-state index contributed by atoms with van der Waals surface area (Å²) in [6, 6.07) is 5.92. The molecule has 0 atom stereocenters. The van der Waals surface area contributed by atoms with Crippen molar-refractivity contribution in [1.29, 1.82) is 0 Å². The molecule has 0 aromatic heterocycles. The van der Waals surface area contributed by atoms with Gasteiger partial charge in [0.2, 0.25) is 0 Å². The quantitative estimate of drug-likeness (QED) is 0.617. The minimum atomic E-state index is -0.928. The standard InChI is InChI=1S/C26H30O3/c1-29-24-7-5-17(6-8-25(27)28)12-23(24)21-3-2-4-22(13-21)26-14-18-9-19(15-26)11-20(10-18)16-26/h3,5-8,12-13,18-20H,2,4,9-11,14-16H2,1H3,(H,27,28)/b8-6+. The van der Waals surface area contributed by atoms with E-state index in [1.165, 1.54) is 56.6 Å². The molecule has 3 heteroatoms. The molecule has 4 saturated carbocycles. The smallest absolute Gasteiger partial charge is 0.328 e. The predicted molar refractivity (Wildman–Crippen MR) is 116 cm³/mol. The van der Waals surface area contributed by atoms with Crippen LogP contribution in [0.4, 0.5) is 0 Å². The van der Waals surface area contributed by atoms with Crippen LogP contribution in [-0.2, 0) is 4.79 Å². The Morgan fingerprint density at radius 2 is 1.83 bits per heavy atom. The van der Waals surface area contributed by atoms with E-state index in [1.54, 1.807) is 18.8 Å². The van der Waals surface area contributed by atoms with Crippen LogP contribution in [0.3, 0.4) is 0 Å². The number of rotatable bonds is 5. The summed E-state index contributed by atoms with van der Waals surface area (Å²) in [7, 11) is 1.71. The molecule has 4 fully saturated rings. The summed E-state index contributed by atoms with van der Waals surface area (Å²) in [5.74, 6) is 2.79. The zero-order valence-corrected chi connectivity index (χ0v) is 17.2. The van der Waals surface area contributed by atoms with E-state index in [4.69, 9.17) is 9.84 Å². The van der Waals surface area contributed by atoms with E-state index in [2.05, 4.69) is 18.2 Å². The van der Waals surface area contributed by atoms with E-state index in [-0.39, 0.29) is 0 Å². The molecule has 1 N–H and O–H groups in total. The van der Waals surface area contributed by atoms with Gasteiger partial charge in [-0.1, -0.05) is 23.8 Å². The van der Waals surface area contributed by atoms with Crippen LogP contribution in [0.2, 0.25) is 0 Å². The largest absolute Gasteiger partial charge is 0.496 e. The lowest BCUT2D eigenvalue weighted by atomic mass is 9.47. The Morgan fingerprint density at radius 1 is 1.14 bits per heavy atom. The SMILES string of the molecule is COc1ccc(/C=C/C(=O)O)cc1C1=CCCC(C23CC4CC(CC(C4)C2)C3)=C1. The number of aliphatic carboxylic acids is 1. The normalized spacial score (nSPS) is 32.9. The predicted octanol–water partition coefficient (Wildman–Crippen LogP) is 6.11. The summed E-state index contributed by atoms with van der Waals surface area (Å²) in [6.45, 7) is 0. The molecule has 0 radical (unpaired) electrons. The number of ether oxygens (including phenoxy) is 1. The van der Waals surface area contributed by atoms with Crippen LogP contribution < -0.4 is 4.74 Å². The summed E-state index contributed by atoms with van der Waals surface area (Å²) in [5, 5.41) is 8.95. The van der Waals surface area contributed by atoms with Crippen molar-refractivity contribution in [3.63, 3.8) is 0 Å². The Balaban J connectivity index is 1.49. The lowest BCUT2D eigenvalue weighted by Gasteiger charge is -2.58. The molecule has 5 aliphatic rings. The number of methoxy groups -OCH3 is 1. The highest BCUT2D eigenvalue weighted by Crippen LogP contribution is 2.63. The molecule has 5 aliphatic carbocycles. The molecule has 1 aromatic rings. The van der Waals surface area contributed by atoms with Gasteiger partial charge in [-0.05, 0) is 104 Å². The highest BCUT2D eigenvalue weighted by molar-refractivity contribution is 5.86. The first-order chi connectivity index (χ1) is 14.0. The highest BCUT2D eigenvalue weighted by Gasteiger charge is 2.52. The monoisotopic (exact) mass is 390 g/mol.